The number of likely N-dealkylation sites (N-methyl/N-ethyl adjacent to an activating group) is 1. The number of hydrogen-bond donors (Lipinski definition) is 2. The van der Waals surface area contributed by atoms with Crippen molar-refractivity contribution in [2.75, 3.05) is 40.8 Å². The van der Waals surface area contributed by atoms with Gasteiger partial charge in [0.2, 0.25) is 6.41 Å². The second-order valence-corrected chi connectivity index (χ2v) is 14.2. The van der Waals surface area contributed by atoms with E-state index in [1.165, 1.54) is 40.1 Å². The van der Waals surface area contributed by atoms with Crippen molar-refractivity contribution in [3.8, 4) is 0 Å². The predicted octanol–water partition coefficient (Wildman–Crippen LogP) is 10.3. The molecule has 0 radical (unpaired) electrons. The van der Waals surface area contributed by atoms with Gasteiger partial charge in [0, 0.05) is 89.4 Å². The Labute approximate surface area is 334 Å². The number of nitrogens with zero attached hydrogens (tertiary/aromatic N) is 5. The lowest BCUT2D eigenvalue weighted by Gasteiger charge is -2.30. The molecular formula is C46H83N7O. The van der Waals surface area contributed by atoms with E-state index in [9.17, 15) is 0 Å². The van der Waals surface area contributed by atoms with Gasteiger partial charge < -0.3 is 15.5 Å². The standard InChI is InChI=1S/C16H25N3.C11H19N.C10H14N2.C3H8.C2H5NO.2C2H6/c1-12(2)14-8-15-11-19(10-13(3)18(4)5)7-6-16(15)17-9-14;1-7-10(3)12-8-9(2)11(4,5)6;1-2-8-5-9-3-4-11-7-10(9)12-6-8;1-3-2;1-3-2-4;2*1-2/h8-9,12H,3,6-7,10-11H2,1-2,4-5H3;8H,2-3,7H2,1,4-6H3;5-6,11H,2-4,7H2,1H3;3H2,1-2H3;2H,1H3,(H,3,4);2*1-2H3. The Bertz CT molecular complexity index is 1340. The number of pyridine rings is 2. The fraction of sp³-hybridized carbons (Fsp3) is 0.609. The Hall–Kier alpha value is -3.62. The monoisotopic (exact) mass is 750 g/mol. The van der Waals surface area contributed by atoms with Crippen LogP contribution in [0.5, 0.6) is 0 Å². The maximum atomic E-state index is 9.06. The molecule has 0 aromatic carbocycles. The SMILES string of the molecule is C=C(CC)N=CC(=C)C(C)(C)C.C=C(CN1CCc2ncc(C(C)C)cc2C1)N(C)C.CC.CC.CCC.CCc1cnc2c(c1)CCNC2.CNC=O. The van der Waals surface area contributed by atoms with E-state index in [0.717, 1.165) is 75.4 Å². The normalized spacial score (nSPS) is 12.5. The predicted molar refractivity (Wildman–Crippen MR) is 239 cm³/mol. The van der Waals surface area contributed by atoms with Crippen molar-refractivity contribution in [1.82, 2.24) is 30.4 Å². The molecule has 0 spiro atoms. The molecule has 4 rings (SSSR count). The number of nitrogens with one attached hydrogen (secondary N) is 2. The zero-order chi connectivity index (χ0) is 42.3. The molecule has 8 heteroatoms. The van der Waals surface area contributed by atoms with Gasteiger partial charge >= 0.3 is 0 Å². The molecule has 0 atom stereocenters. The molecule has 0 fully saturated rings. The quantitative estimate of drug-likeness (QED) is 0.196. The van der Waals surface area contributed by atoms with Gasteiger partial charge in [-0.05, 0) is 65.0 Å². The van der Waals surface area contributed by atoms with Crippen molar-refractivity contribution >= 4 is 12.6 Å². The van der Waals surface area contributed by atoms with Gasteiger partial charge in [0.25, 0.3) is 0 Å². The minimum Gasteiger partial charge on any atom is -0.380 e. The molecule has 54 heavy (non-hydrogen) atoms. The van der Waals surface area contributed by atoms with Crippen LogP contribution < -0.4 is 10.6 Å². The fourth-order valence-corrected chi connectivity index (χ4v) is 4.39. The first-order valence-corrected chi connectivity index (χ1v) is 20.3. The number of aryl methyl sites for hydroxylation is 1. The van der Waals surface area contributed by atoms with Gasteiger partial charge in [-0.3, -0.25) is 24.7 Å². The fourth-order valence-electron chi connectivity index (χ4n) is 4.39. The summed E-state index contributed by atoms with van der Waals surface area (Å²) < 4.78 is 0. The Kier molecular flexibility index (Phi) is 33.2. The Morgan fingerprint density at radius 3 is 2.04 bits per heavy atom. The summed E-state index contributed by atoms with van der Waals surface area (Å²) in [6.07, 6.45) is 11.9. The summed E-state index contributed by atoms with van der Waals surface area (Å²) in [6.45, 7) is 44.2. The number of aromatic nitrogens is 2. The molecule has 2 aromatic rings. The smallest absolute Gasteiger partial charge is 0.206 e. The molecule has 1 amide bonds. The van der Waals surface area contributed by atoms with Crippen molar-refractivity contribution < 1.29 is 4.79 Å². The molecule has 0 saturated carbocycles. The molecule has 8 nitrogen and oxygen atoms in total. The summed E-state index contributed by atoms with van der Waals surface area (Å²) in [5, 5.41) is 5.57. The van der Waals surface area contributed by atoms with E-state index < -0.39 is 0 Å². The van der Waals surface area contributed by atoms with Crippen molar-refractivity contribution in [2.45, 2.75) is 141 Å². The van der Waals surface area contributed by atoms with Gasteiger partial charge in [-0.15, -0.1) is 0 Å². The molecule has 2 aliphatic heterocycles. The first-order chi connectivity index (χ1) is 25.6. The van der Waals surface area contributed by atoms with E-state index >= 15 is 0 Å². The molecule has 4 heterocycles. The molecular weight excluding hydrogens is 667 g/mol. The summed E-state index contributed by atoms with van der Waals surface area (Å²) in [5.74, 6) is 0.546. The van der Waals surface area contributed by atoms with Gasteiger partial charge in [-0.2, -0.15) is 0 Å². The van der Waals surface area contributed by atoms with Crippen LogP contribution in [-0.2, 0) is 37.1 Å². The van der Waals surface area contributed by atoms with Gasteiger partial charge in [-0.1, -0.05) is 128 Å². The highest BCUT2D eigenvalue weighted by Gasteiger charge is 2.19. The summed E-state index contributed by atoms with van der Waals surface area (Å²) >= 11 is 0. The average Bonchev–Trinajstić information content (AvgIpc) is 3.18. The lowest BCUT2D eigenvalue weighted by atomic mass is 9.88. The number of aliphatic imine (C=N–C) groups is 1. The third kappa shape index (κ3) is 24.6. The van der Waals surface area contributed by atoms with Gasteiger partial charge in [0.15, 0.2) is 0 Å². The van der Waals surface area contributed by atoms with Crippen LogP contribution >= 0.6 is 0 Å². The average molecular weight is 750 g/mol. The van der Waals surface area contributed by atoms with E-state index in [0.29, 0.717) is 12.3 Å². The van der Waals surface area contributed by atoms with E-state index in [4.69, 9.17) is 4.79 Å². The number of fused-ring (bicyclic) bond motifs is 2. The zero-order valence-corrected chi connectivity index (χ0v) is 37.9. The van der Waals surface area contributed by atoms with Crippen molar-refractivity contribution in [3.63, 3.8) is 0 Å². The summed E-state index contributed by atoms with van der Waals surface area (Å²) in [7, 11) is 5.67. The largest absolute Gasteiger partial charge is 0.380 e. The van der Waals surface area contributed by atoms with E-state index in [-0.39, 0.29) is 5.41 Å². The Morgan fingerprint density at radius 2 is 1.56 bits per heavy atom. The molecule has 2 N–H and O–H groups in total. The van der Waals surface area contributed by atoms with Crippen molar-refractivity contribution in [2.24, 2.45) is 10.4 Å². The van der Waals surface area contributed by atoms with Crippen LogP contribution in [0.25, 0.3) is 0 Å². The van der Waals surface area contributed by atoms with Crippen molar-refractivity contribution in [3.05, 3.63) is 94.9 Å². The summed E-state index contributed by atoms with van der Waals surface area (Å²) in [5.41, 5.74) is 11.3. The molecule has 2 aliphatic rings. The highest BCUT2D eigenvalue weighted by atomic mass is 16.1. The molecule has 308 valence electrons. The topological polar surface area (TPSA) is 85.8 Å². The van der Waals surface area contributed by atoms with E-state index in [1.807, 2.05) is 53.2 Å². The first kappa shape index (κ1) is 54.7. The summed E-state index contributed by atoms with van der Waals surface area (Å²) in [6, 6.07) is 4.63. The third-order valence-electron chi connectivity index (χ3n) is 8.13. The van der Waals surface area contributed by atoms with Gasteiger partial charge in [0.05, 0.1) is 5.69 Å². The van der Waals surface area contributed by atoms with Crippen LogP contribution in [0, 0.1) is 5.41 Å². The second-order valence-electron chi connectivity index (χ2n) is 14.2. The zero-order valence-electron chi connectivity index (χ0n) is 37.9. The highest BCUT2D eigenvalue weighted by Crippen LogP contribution is 2.23. The van der Waals surface area contributed by atoms with E-state index in [1.54, 1.807) is 7.05 Å². The van der Waals surface area contributed by atoms with E-state index in [2.05, 4.69) is 137 Å². The highest BCUT2D eigenvalue weighted by molar-refractivity contribution is 5.79. The van der Waals surface area contributed by atoms with Crippen LogP contribution in [0.4, 0.5) is 0 Å². The maximum Gasteiger partial charge on any atom is 0.206 e. The van der Waals surface area contributed by atoms with Crippen LogP contribution in [-0.4, -0.2) is 73.2 Å². The molecule has 0 bridgehead atoms. The van der Waals surface area contributed by atoms with Crippen molar-refractivity contribution in [1.29, 1.82) is 0 Å². The number of carbonyl (C=O) groups is 1. The number of hydrogen-bond acceptors (Lipinski definition) is 7. The lowest BCUT2D eigenvalue weighted by molar-refractivity contribution is -0.109. The summed E-state index contributed by atoms with van der Waals surface area (Å²) in [4.78, 5) is 26.9. The van der Waals surface area contributed by atoms with Crippen LogP contribution in [0.1, 0.15) is 142 Å². The number of amides is 1. The molecule has 0 unspecified atom stereocenters. The lowest BCUT2D eigenvalue weighted by Crippen LogP contribution is -2.35. The first-order valence-electron chi connectivity index (χ1n) is 20.3. The molecule has 0 aliphatic carbocycles. The van der Waals surface area contributed by atoms with Crippen LogP contribution in [0.15, 0.2) is 66.2 Å². The molecule has 0 saturated heterocycles. The Morgan fingerprint density at radius 1 is 0.981 bits per heavy atom. The minimum atomic E-state index is 0.109. The minimum absolute atomic E-state index is 0.109. The van der Waals surface area contributed by atoms with Gasteiger partial charge in [0.1, 0.15) is 0 Å². The van der Waals surface area contributed by atoms with Crippen LogP contribution in [0.3, 0.4) is 0 Å². The molecule has 2 aromatic heterocycles. The Balaban J connectivity index is -0.000000653. The third-order valence-corrected chi connectivity index (χ3v) is 8.13. The van der Waals surface area contributed by atoms with Gasteiger partial charge in [-0.25, -0.2) is 0 Å². The van der Waals surface area contributed by atoms with Crippen LogP contribution in [0.2, 0.25) is 0 Å². The number of allylic oxidation sites excluding steroid dienone is 2. The maximum absolute atomic E-state index is 9.06. The second kappa shape index (κ2) is 32.8. The number of carbonyl (C=O) groups excluding carboxylic acids is 1. The number of rotatable bonds is 9.